The first-order chi connectivity index (χ1) is 17.9. The zero-order chi connectivity index (χ0) is 27.5. The largest absolute Gasteiger partial charge is 0.416 e. The molecule has 38 heavy (non-hydrogen) atoms. The van der Waals surface area contributed by atoms with Crippen molar-refractivity contribution in [3.05, 3.63) is 68.7 Å². The van der Waals surface area contributed by atoms with Gasteiger partial charge in [0, 0.05) is 38.3 Å². The third-order valence-corrected chi connectivity index (χ3v) is 8.34. The summed E-state index contributed by atoms with van der Waals surface area (Å²) in [6.45, 7) is 3.97. The molecule has 2 aliphatic heterocycles. The summed E-state index contributed by atoms with van der Waals surface area (Å²) in [6.07, 6.45) is -4.09. The van der Waals surface area contributed by atoms with Crippen molar-refractivity contribution in [3.63, 3.8) is 0 Å². The van der Waals surface area contributed by atoms with Crippen molar-refractivity contribution >= 4 is 23.2 Å². The van der Waals surface area contributed by atoms with Crippen molar-refractivity contribution in [2.75, 3.05) is 32.7 Å². The van der Waals surface area contributed by atoms with Crippen LogP contribution >= 0.6 is 23.2 Å². The highest BCUT2D eigenvalue weighted by molar-refractivity contribution is 6.42. The van der Waals surface area contributed by atoms with Crippen molar-refractivity contribution in [1.82, 2.24) is 15.1 Å². The summed E-state index contributed by atoms with van der Waals surface area (Å²) >= 11 is 12.8. The second kappa shape index (κ2) is 12.3. The Kier molecular flexibility index (Phi) is 9.56. The van der Waals surface area contributed by atoms with Crippen molar-refractivity contribution in [1.29, 1.82) is 0 Å². The van der Waals surface area contributed by atoms with Crippen LogP contribution in [-0.4, -0.2) is 48.6 Å². The van der Waals surface area contributed by atoms with Crippen molar-refractivity contribution < 1.29 is 26.3 Å². The quantitative estimate of drug-likeness (QED) is 0.336. The van der Waals surface area contributed by atoms with Gasteiger partial charge in [-0.3, -0.25) is 4.90 Å². The van der Waals surface area contributed by atoms with E-state index in [9.17, 15) is 26.3 Å². The molecule has 3 nitrogen and oxygen atoms in total. The second-order valence-electron chi connectivity index (χ2n) is 10.1. The summed E-state index contributed by atoms with van der Waals surface area (Å²) in [5, 5.41) is 3.88. The molecule has 0 radical (unpaired) electrons. The normalized spacial score (nSPS) is 19.6. The summed E-state index contributed by atoms with van der Waals surface area (Å²) in [5.74, 6) is 0. The Morgan fingerprint density at radius 2 is 1.45 bits per heavy atom. The maximum Gasteiger partial charge on any atom is 0.416 e. The predicted octanol–water partition coefficient (Wildman–Crippen LogP) is 7.81. The van der Waals surface area contributed by atoms with E-state index >= 15 is 0 Å². The van der Waals surface area contributed by atoms with E-state index in [0.717, 1.165) is 56.7 Å². The lowest BCUT2D eigenvalue weighted by atomic mass is 9.96. The van der Waals surface area contributed by atoms with E-state index in [0.29, 0.717) is 16.1 Å². The van der Waals surface area contributed by atoms with Crippen LogP contribution in [0.2, 0.25) is 10.0 Å². The van der Waals surface area contributed by atoms with Gasteiger partial charge >= 0.3 is 12.4 Å². The zero-order valence-corrected chi connectivity index (χ0v) is 22.3. The molecule has 11 heteroatoms. The third kappa shape index (κ3) is 7.36. The molecular weight excluding hydrogens is 551 g/mol. The number of likely N-dealkylation sites (tertiary alicyclic amines) is 2. The molecular formula is C27H31Cl2F6N3. The predicted molar refractivity (Wildman–Crippen MR) is 137 cm³/mol. The van der Waals surface area contributed by atoms with Crippen LogP contribution in [0.25, 0.3) is 0 Å². The van der Waals surface area contributed by atoms with Crippen LogP contribution in [0, 0.1) is 0 Å². The second-order valence-corrected chi connectivity index (χ2v) is 10.9. The molecule has 0 aromatic heterocycles. The van der Waals surface area contributed by atoms with Gasteiger partial charge in [0.05, 0.1) is 21.2 Å². The summed E-state index contributed by atoms with van der Waals surface area (Å²) in [5.41, 5.74) is -1.95. The van der Waals surface area contributed by atoms with Gasteiger partial charge in [0.15, 0.2) is 0 Å². The van der Waals surface area contributed by atoms with E-state index in [4.69, 9.17) is 23.2 Å². The molecule has 1 N–H and O–H groups in total. The number of nitrogens with zero attached hydrogens (tertiary/aromatic N) is 2. The number of nitrogens with one attached hydrogen (secondary N) is 1. The lowest BCUT2D eigenvalue weighted by Crippen LogP contribution is -2.48. The lowest BCUT2D eigenvalue weighted by Gasteiger charge is -2.43. The molecule has 0 spiro atoms. The van der Waals surface area contributed by atoms with Gasteiger partial charge < -0.3 is 10.2 Å². The molecule has 1 atom stereocenters. The van der Waals surface area contributed by atoms with E-state index in [2.05, 4.69) is 15.1 Å². The van der Waals surface area contributed by atoms with E-state index < -0.39 is 23.5 Å². The Hall–Kier alpha value is -1.52. The average Bonchev–Trinajstić information content (AvgIpc) is 2.88. The molecule has 2 aromatic carbocycles. The Balaban J connectivity index is 1.49. The molecule has 210 valence electrons. The number of alkyl halides is 6. The van der Waals surface area contributed by atoms with Gasteiger partial charge in [-0.25, -0.2) is 0 Å². The molecule has 0 amide bonds. The van der Waals surface area contributed by atoms with Crippen LogP contribution in [0.5, 0.6) is 0 Å². The fraction of sp³-hybridized carbons (Fsp3) is 0.556. The van der Waals surface area contributed by atoms with E-state index in [1.807, 2.05) is 6.07 Å². The standard InChI is InChI=1S/C27H31Cl2F6N3/c28-23-6-4-5-22(25(23)29)24(38-11-7-21(8-12-38)37-9-2-1-3-10-37)17-36-16-18-13-19(26(30,31)32)15-20(14-18)27(33,34)35/h4-6,13-15,21,24,36H,1-3,7-12,16-17H2. The molecule has 2 saturated heterocycles. The molecule has 2 aliphatic rings. The first-order valence-electron chi connectivity index (χ1n) is 12.8. The van der Waals surface area contributed by atoms with Crippen LogP contribution in [0.3, 0.4) is 0 Å². The van der Waals surface area contributed by atoms with Gasteiger partial charge in [-0.2, -0.15) is 26.3 Å². The highest BCUT2D eigenvalue weighted by Gasteiger charge is 2.37. The van der Waals surface area contributed by atoms with E-state index in [1.54, 1.807) is 12.1 Å². The SMILES string of the molecule is FC(F)(F)c1cc(CNCC(c2cccc(Cl)c2Cl)N2CCC(N3CCCCC3)CC2)cc(C(F)(F)F)c1. The molecule has 2 fully saturated rings. The first kappa shape index (κ1) is 29.5. The summed E-state index contributed by atoms with van der Waals surface area (Å²) < 4.78 is 79.6. The molecule has 4 rings (SSSR count). The Morgan fingerprint density at radius 1 is 0.842 bits per heavy atom. The zero-order valence-electron chi connectivity index (χ0n) is 20.8. The number of hydrogen-bond acceptors (Lipinski definition) is 3. The number of piperidine rings is 2. The smallest absolute Gasteiger partial charge is 0.311 e. The molecule has 2 heterocycles. The van der Waals surface area contributed by atoms with Gasteiger partial charge in [-0.05, 0) is 74.2 Å². The Morgan fingerprint density at radius 3 is 2.03 bits per heavy atom. The first-order valence-corrected chi connectivity index (χ1v) is 13.6. The fourth-order valence-electron chi connectivity index (χ4n) is 5.53. The molecule has 2 aromatic rings. The lowest BCUT2D eigenvalue weighted by molar-refractivity contribution is -0.143. The van der Waals surface area contributed by atoms with Crippen LogP contribution in [0.4, 0.5) is 26.3 Å². The number of hydrogen-bond donors (Lipinski definition) is 1. The molecule has 1 unspecified atom stereocenters. The van der Waals surface area contributed by atoms with E-state index in [-0.39, 0.29) is 30.8 Å². The third-order valence-electron chi connectivity index (χ3n) is 7.50. The van der Waals surface area contributed by atoms with Gasteiger partial charge in [0.2, 0.25) is 0 Å². The maximum absolute atomic E-state index is 13.3. The molecule has 0 bridgehead atoms. The minimum Gasteiger partial charge on any atom is -0.311 e. The number of rotatable bonds is 7. The summed E-state index contributed by atoms with van der Waals surface area (Å²) in [7, 11) is 0. The Labute approximate surface area is 229 Å². The fourth-order valence-corrected chi connectivity index (χ4v) is 5.97. The van der Waals surface area contributed by atoms with Crippen LogP contribution < -0.4 is 5.32 Å². The summed E-state index contributed by atoms with van der Waals surface area (Å²) in [4.78, 5) is 4.84. The highest BCUT2D eigenvalue weighted by atomic mass is 35.5. The molecule has 0 aliphatic carbocycles. The van der Waals surface area contributed by atoms with Crippen molar-refractivity contribution in [2.24, 2.45) is 0 Å². The highest BCUT2D eigenvalue weighted by Crippen LogP contribution is 2.37. The topological polar surface area (TPSA) is 18.5 Å². The minimum absolute atomic E-state index is 0.0908. The Bertz CT molecular complexity index is 1050. The van der Waals surface area contributed by atoms with Gasteiger partial charge in [0.1, 0.15) is 0 Å². The van der Waals surface area contributed by atoms with Crippen LogP contribution in [-0.2, 0) is 18.9 Å². The van der Waals surface area contributed by atoms with Gasteiger partial charge in [-0.1, -0.05) is 41.8 Å². The summed E-state index contributed by atoms with van der Waals surface area (Å²) in [6, 6.07) is 7.27. The number of halogens is 8. The van der Waals surface area contributed by atoms with Crippen LogP contribution in [0.1, 0.15) is 60.4 Å². The average molecular weight is 582 g/mol. The number of benzene rings is 2. The van der Waals surface area contributed by atoms with Gasteiger partial charge in [-0.15, -0.1) is 0 Å². The minimum atomic E-state index is -4.88. The monoisotopic (exact) mass is 581 g/mol. The maximum atomic E-state index is 13.3. The van der Waals surface area contributed by atoms with Crippen LogP contribution in [0.15, 0.2) is 36.4 Å². The van der Waals surface area contributed by atoms with E-state index in [1.165, 1.54) is 19.3 Å². The van der Waals surface area contributed by atoms with Crippen molar-refractivity contribution in [2.45, 2.75) is 63.1 Å². The molecule has 0 saturated carbocycles. The van der Waals surface area contributed by atoms with Crippen molar-refractivity contribution in [3.8, 4) is 0 Å². The van der Waals surface area contributed by atoms with Gasteiger partial charge in [0.25, 0.3) is 0 Å².